The van der Waals surface area contributed by atoms with Gasteiger partial charge in [-0.3, -0.25) is 0 Å². The minimum atomic E-state index is -0.930. The lowest BCUT2D eigenvalue weighted by Gasteiger charge is -2.06. The van der Waals surface area contributed by atoms with E-state index in [0.717, 1.165) is 22.3 Å². The zero-order valence-electron chi connectivity index (χ0n) is 14.8. The van der Waals surface area contributed by atoms with E-state index in [4.69, 9.17) is 16.3 Å². The van der Waals surface area contributed by atoms with E-state index >= 15 is 0 Å². The van der Waals surface area contributed by atoms with Crippen molar-refractivity contribution in [3.8, 4) is 64.2 Å². The van der Waals surface area contributed by atoms with Crippen molar-refractivity contribution in [3.63, 3.8) is 0 Å². The number of hydrogen-bond acceptors (Lipinski definition) is 2. The van der Waals surface area contributed by atoms with Crippen LogP contribution in [0, 0.1) is 36.2 Å². The molecular formula is C25H24O3. The number of ether oxygens (including phenoxy) is 1. The molecule has 142 valence electrons. The number of aromatic carboxylic acids is 1. The Bertz CT molecular complexity index is 1160. The molecule has 0 heterocycles. The largest absolute Gasteiger partial charge is 0.478 e. The summed E-state index contributed by atoms with van der Waals surface area (Å²) in [6, 6.07) is 22.4. The molecule has 3 nitrogen and oxygen atoms in total. The number of rotatable bonds is 4. The lowest BCUT2D eigenvalue weighted by atomic mass is 9.99. The molecule has 0 amide bonds. The van der Waals surface area contributed by atoms with E-state index in [1.165, 1.54) is 0 Å². The van der Waals surface area contributed by atoms with E-state index in [0.29, 0.717) is 5.75 Å². The van der Waals surface area contributed by atoms with Crippen LogP contribution in [0.25, 0.3) is 22.3 Å². The Kier molecular flexibility index (Phi) is 5.79. The maximum absolute atomic E-state index is 10.9. The first kappa shape index (κ1) is 18.4. The SMILES string of the molecule is C#CC#CC#COc1ccc(-c2ccc(-c3ccc(C(=O)O)cc3)cc2)cc1.[HH].[HH].[HH].[HH].[HH]. The van der Waals surface area contributed by atoms with Gasteiger partial charge in [0.25, 0.3) is 0 Å². The summed E-state index contributed by atoms with van der Waals surface area (Å²) in [6.07, 6.45) is 7.48. The van der Waals surface area contributed by atoms with Gasteiger partial charge in [-0.15, -0.1) is 6.42 Å². The van der Waals surface area contributed by atoms with Crippen LogP contribution in [-0.2, 0) is 0 Å². The van der Waals surface area contributed by atoms with E-state index in [9.17, 15) is 4.79 Å². The molecule has 0 radical (unpaired) electrons. The maximum atomic E-state index is 10.9. The molecule has 0 aliphatic heterocycles. The minimum Gasteiger partial charge on any atom is -0.478 e. The lowest BCUT2D eigenvalue weighted by Crippen LogP contribution is -1.94. The number of carboxylic acid groups (broad SMARTS) is 1. The van der Waals surface area contributed by atoms with E-state index in [1.807, 2.05) is 48.5 Å². The highest BCUT2D eigenvalue weighted by Crippen LogP contribution is 2.26. The molecule has 0 spiro atoms. The fourth-order valence-electron chi connectivity index (χ4n) is 2.55. The van der Waals surface area contributed by atoms with Gasteiger partial charge in [0.2, 0.25) is 0 Å². The topological polar surface area (TPSA) is 46.5 Å². The summed E-state index contributed by atoms with van der Waals surface area (Å²) < 4.78 is 5.27. The molecule has 3 aromatic carbocycles. The van der Waals surface area contributed by atoms with Gasteiger partial charge in [-0.25, -0.2) is 4.79 Å². The predicted molar refractivity (Wildman–Crippen MR) is 120 cm³/mol. The second-order valence-corrected chi connectivity index (χ2v) is 5.71. The summed E-state index contributed by atoms with van der Waals surface area (Å²) in [6.45, 7) is 0. The summed E-state index contributed by atoms with van der Waals surface area (Å²) in [5, 5.41) is 8.98. The van der Waals surface area contributed by atoms with E-state index in [2.05, 4.69) is 29.8 Å². The normalized spacial score (nSPS) is 9.11. The van der Waals surface area contributed by atoms with Crippen molar-refractivity contribution in [2.45, 2.75) is 0 Å². The van der Waals surface area contributed by atoms with Crippen molar-refractivity contribution in [2.24, 2.45) is 0 Å². The Morgan fingerprint density at radius 2 is 1.21 bits per heavy atom. The van der Waals surface area contributed by atoms with Gasteiger partial charge in [0.05, 0.1) is 5.56 Å². The van der Waals surface area contributed by atoms with Gasteiger partial charge in [0.1, 0.15) is 11.9 Å². The third-order valence-corrected chi connectivity index (χ3v) is 3.95. The van der Waals surface area contributed by atoms with Gasteiger partial charge in [-0.2, -0.15) is 0 Å². The molecule has 0 saturated heterocycles. The van der Waals surface area contributed by atoms with Crippen molar-refractivity contribution in [1.29, 1.82) is 0 Å². The summed E-state index contributed by atoms with van der Waals surface area (Å²) in [7, 11) is 0. The number of terminal acetylenes is 1. The van der Waals surface area contributed by atoms with Crippen molar-refractivity contribution < 1.29 is 21.8 Å². The van der Waals surface area contributed by atoms with Crippen molar-refractivity contribution in [3.05, 3.63) is 78.4 Å². The molecule has 1 N–H and O–H groups in total. The fourth-order valence-corrected chi connectivity index (χ4v) is 2.55. The van der Waals surface area contributed by atoms with Crippen molar-refractivity contribution in [2.75, 3.05) is 0 Å². The van der Waals surface area contributed by atoms with Crippen LogP contribution in [0.15, 0.2) is 72.8 Å². The van der Waals surface area contributed by atoms with Gasteiger partial charge >= 0.3 is 5.97 Å². The zero-order valence-corrected chi connectivity index (χ0v) is 14.8. The average Bonchev–Trinajstić information content (AvgIpc) is 2.74. The number of benzene rings is 3. The third-order valence-electron chi connectivity index (χ3n) is 3.95. The number of carbonyl (C=O) groups is 1. The zero-order chi connectivity index (χ0) is 19.8. The molecule has 28 heavy (non-hydrogen) atoms. The Morgan fingerprint density at radius 3 is 1.68 bits per heavy atom. The van der Waals surface area contributed by atoms with Gasteiger partial charge in [-0.1, -0.05) is 48.5 Å². The fraction of sp³-hybridized carbons (Fsp3) is 0. The first-order chi connectivity index (χ1) is 13.7. The standard InChI is InChI=1S/C25H14O3.5H2/c1-2-3-4-5-18-28-24-16-14-22(15-17-24)20-8-6-19(7-9-20)21-10-12-23(13-11-21)25(26)27;;;;;/h1,6-17H,(H,26,27);5*1H. The Labute approximate surface area is 171 Å². The first-order valence-electron chi connectivity index (χ1n) is 8.34. The molecule has 0 unspecified atom stereocenters. The Balaban J connectivity index is -0.00000180. The van der Waals surface area contributed by atoms with Crippen molar-refractivity contribution >= 4 is 5.97 Å². The van der Waals surface area contributed by atoms with Crippen LogP contribution in [0.5, 0.6) is 5.75 Å². The minimum absolute atomic E-state index is 0. The van der Waals surface area contributed by atoms with E-state index < -0.39 is 5.97 Å². The highest BCUT2D eigenvalue weighted by molar-refractivity contribution is 5.88. The van der Waals surface area contributed by atoms with Crippen LogP contribution in [0.1, 0.15) is 17.5 Å². The maximum Gasteiger partial charge on any atom is 0.335 e. The second kappa shape index (κ2) is 8.81. The molecular weight excluding hydrogens is 348 g/mol. The van der Waals surface area contributed by atoms with E-state index in [1.54, 1.807) is 24.3 Å². The van der Waals surface area contributed by atoms with Crippen LogP contribution >= 0.6 is 0 Å². The van der Waals surface area contributed by atoms with Crippen LogP contribution in [0.2, 0.25) is 0 Å². The Morgan fingerprint density at radius 1 is 0.750 bits per heavy atom. The highest BCUT2D eigenvalue weighted by atomic mass is 16.5. The van der Waals surface area contributed by atoms with Gasteiger partial charge < -0.3 is 9.84 Å². The average molecular weight is 372 g/mol. The molecule has 0 aromatic heterocycles. The lowest BCUT2D eigenvalue weighted by molar-refractivity contribution is 0.0697. The molecule has 3 aromatic rings. The Hall–Kier alpha value is -4.39. The van der Waals surface area contributed by atoms with Crippen LogP contribution in [0.3, 0.4) is 0 Å². The molecule has 0 aliphatic rings. The number of carboxylic acids is 1. The molecule has 3 rings (SSSR count). The molecule has 0 aliphatic carbocycles. The smallest absolute Gasteiger partial charge is 0.335 e. The molecule has 3 heteroatoms. The summed E-state index contributed by atoms with van der Waals surface area (Å²) in [4.78, 5) is 10.9. The number of hydrogen-bond donors (Lipinski definition) is 1. The predicted octanol–water partition coefficient (Wildman–Crippen LogP) is 5.93. The van der Waals surface area contributed by atoms with Crippen LogP contribution in [-0.4, -0.2) is 11.1 Å². The summed E-state index contributed by atoms with van der Waals surface area (Å²) in [5.74, 6) is 9.22. The molecule has 0 saturated carbocycles. The molecule has 0 fully saturated rings. The highest BCUT2D eigenvalue weighted by Gasteiger charge is 2.04. The quantitative estimate of drug-likeness (QED) is 0.578. The van der Waals surface area contributed by atoms with Crippen LogP contribution < -0.4 is 4.74 Å². The first-order valence-corrected chi connectivity index (χ1v) is 8.34. The van der Waals surface area contributed by atoms with Crippen LogP contribution in [0.4, 0.5) is 0 Å². The summed E-state index contributed by atoms with van der Waals surface area (Å²) >= 11 is 0. The summed E-state index contributed by atoms with van der Waals surface area (Å²) in [5.41, 5.74) is 4.36. The third kappa shape index (κ3) is 4.61. The second-order valence-electron chi connectivity index (χ2n) is 5.71. The van der Waals surface area contributed by atoms with Gasteiger partial charge in [-0.05, 0) is 58.4 Å². The molecule has 0 bridgehead atoms. The van der Waals surface area contributed by atoms with Crippen molar-refractivity contribution in [1.82, 2.24) is 0 Å². The van der Waals surface area contributed by atoms with Gasteiger partial charge in [0, 0.05) is 19.0 Å². The monoisotopic (exact) mass is 372 g/mol. The van der Waals surface area contributed by atoms with E-state index in [-0.39, 0.29) is 12.7 Å². The molecule has 0 atom stereocenters. The van der Waals surface area contributed by atoms with Gasteiger partial charge in [0.15, 0.2) is 0 Å².